The molecule has 2 aromatic rings. The second-order valence-electron chi connectivity index (χ2n) is 4.41. The maximum Gasteiger partial charge on any atom is 0.229 e. The molecule has 1 aromatic carbocycles. The number of rotatable bonds is 5. The van der Waals surface area contributed by atoms with E-state index in [0.717, 1.165) is 11.3 Å². The van der Waals surface area contributed by atoms with Crippen LogP contribution < -0.4 is 15.8 Å². The third-order valence-corrected chi connectivity index (χ3v) is 2.75. The van der Waals surface area contributed by atoms with E-state index < -0.39 is 0 Å². The molecule has 0 bridgehead atoms. The van der Waals surface area contributed by atoms with Crippen LogP contribution in [-0.2, 0) is 0 Å². The summed E-state index contributed by atoms with van der Waals surface area (Å²) in [7, 11) is 0. The van der Waals surface area contributed by atoms with Gasteiger partial charge in [-0.15, -0.1) is 0 Å². The summed E-state index contributed by atoms with van der Waals surface area (Å²) >= 11 is 5.71. The van der Waals surface area contributed by atoms with E-state index in [-0.39, 0.29) is 17.3 Å². The fourth-order valence-electron chi connectivity index (χ4n) is 1.63. The molecule has 7 heteroatoms. The zero-order chi connectivity index (χ0) is 14.5. The maximum atomic E-state index is 5.73. The average molecular weight is 294 g/mol. The number of nitrogens with one attached hydrogen (secondary N) is 1. The summed E-state index contributed by atoms with van der Waals surface area (Å²) in [6.07, 6.45) is 0. The Morgan fingerprint density at radius 2 is 2.05 bits per heavy atom. The second kappa shape index (κ2) is 6.38. The Kier molecular flexibility index (Phi) is 4.57. The number of aryl methyl sites for hydroxylation is 1. The normalized spacial score (nSPS) is 11.9. The van der Waals surface area contributed by atoms with Crippen molar-refractivity contribution in [1.29, 1.82) is 0 Å². The first-order valence-corrected chi connectivity index (χ1v) is 6.54. The molecule has 0 saturated heterocycles. The number of hydrogen-bond donors (Lipinski definition) is 2. The van der Waals surface area contributed by atoms with Crippen LogP contribution in [0.5, 0.6) is 5.75 Å². The number of nitrogens with zero attached hydrogens (tertiary/aromatic N) is 3. The van der Waals surface area contributed by atoms with Crippen LogP contribution in [0, 0.1) is 6.92 Å². The molecule has 0 aliphatic carbocycles. The van der Waals surface area contributed by atoms with E-state index in [1.54, 1.807) is 0 Å². The van der Waals surface area contributed by atoms with Gasteiger partial charge in [-0.3, -0.25) is 0 Å². The lowest BCUT2D eigenvalue weighted by molar-refractivity contribution is 0.301. The number of benzene rings is 1. The first-order valence-electron chi connectivity index (χ1n) is 6.16. The van der Waals surface area contributed by atoms with Crippen molar-refractivity contribution in [2.24, 2.45) is 0 Å². The van der Waals surface area contributed by atoms with Gasteiger partial charge in [-0.2, -0.15) is 15.0 Å². The topological polar surface area (TPSA) is 86.0 Å². The number of halogens is 1. The molecule has 6 nitrogen and oxygen atoms in total. The highest BCUT2D eigenvalue weighted by atomic mass is 35.5. The fraction of sp³-hybridized carbons (Fsp3) is 0.308. The van der Waals surface area contributed by atoms with Crippen LogP contribution in [0.1, 0.15) is 12.5 Å². The van der Waals surface area contributed by atoms with E-state index in [1.807, 2.05) is 38.1 Å². The van der Waals surface area contributed by atoms with Crippen LogP contribution in [0.25, 0.3) is 0 Å². The number of anilines is 2. The number of nitrogens with two attached hydrogens (primary N) is 1. The van der Waals surface area contributed by atoms with Crippen LogP contribution in [-0.4, -0.2) is 27.6 Å². The minimum absolute atomic E-state index is 0.00697. The quantitative estimate of drug-likeness (QED) is 0.880. The molecule has 0 aliphatic rings. The predicted octanol–water partition coefficient (Wildman–Crippen LogP) is 2.30. The Bertz CT molecular complexity index is 572. The third kappa shape index (κ3) is 3.96. The van der Waals surface area contributed by atoms with E-state index in [2.05, 4.69) is 20.3 Å². The molecule has 20 heavy (non-hydrogen) atoms. The highest BCUT2D eigenvalue weighted by Crippen LogP contribution is 2.16. The summed E-state index contributed by atoms with van der Waals surface area (Å²) in [5.74, 6) is 1.28. The lowest BCUT2D eigenvalue weighted by Gasteiger charge is -2.16. The minimum Gasteiger partial charge on any atom is -0.491 e. The Morgan fingerprint density at radius 1 is 1.30 bits per heavy atom. The molecule has 1 aromatic heterocycles. The summed E-state index contributed by atoms with van der Waals surface area (Å²) in [4.78, 5) is 11.6. The van der Waals surface area contributed by atoms with Gasteiger partial charge in [-0.05, 0) is 37.1 Å². The summed E-state index contributed by atoms with van der Waals surface area (Å²) < 4.78 is 5.73. The molecular formula is C13H16ClN5O. The molecule has 106 valence electrons. The van der Waals surface area contributed by atoms with Crippen molar-refractivity contribution in [1.82, 2.24) is 15.0 Å². The smallest absolute Gasteiger partial charge is 0.229 e. The van der Waals surface area contributed by atoms with Gasteiger partial charge in [-0.25, -0.2) is 0 Å². The van der Waals surface area contributed by atoms with E-state index in [1.165, 1.54) is 0 Å². The molecule has 0 fully saturated rings. The van der Waals surface area contributed by atoms with Crippen molar-refractivity contribution in [2.75, 3.05) is 17.7 Å². The van der Waals surface area contributed by atoms with E-state index in [0.29, 0.717) is 12.6 Å². The molecule has 1 unspecified atom stereocenters. The summed E-state index contributed by atoms with van der Waals surface area (Å²) in [5.41, 5.74) is 6.59. The second-order valence-corrected chi connectivity index (χ2v) is 4.75. The highest BCUT2D eigenvalue weighted by molar-refractivity contribution is 6.28. The van der Waals surface area contributed by atoms with Crippen LogP contribution in [0.15, 0.2) is 24.3 Å². The molecule has 2 rings (SSSR count). The van der Waals surface area contributed by atoms with Crippen molar-refractivity contribution >= 4 is 23.5 Å². The summed E-state index contributed by atoms with van der Waals surface area (Å²) in [6.45, 7) is 4.42. The molecule has 0 aliphatic heterocycles. The van der Waals surface area contributed by atoms with Crippen molar-refractivity contribution in [3.63, 3.8) is 0 Å². The maximum absolute atomic E-state index is 5.73. The van der Waals surface area contributed by atoms with Gasteiger partial charge < -0.3 is 15.8 Å². The molecule has 1 atom stereocenters. The predicted molar refractivity (Wildman–Crippen MR) is 79.0 cm³/mol. The molecule has 0 saturated carbocycles. The molecule has 0 amide bonds. The van der Waals surface area contributed by atoms with Crippen molar-refractivity contribution < 1.29 is 4.74 Å². The van der Waals surface area contributed by atoms with E-state index in [9.17, 15) is 0 Å². The van der Waals surface area contributed by atoms with Crippen molar-refractivity contribution in [3.8, 4) is 5.75 Å². The van der Waals surface area contributed by atoms with E-state index >= 15 is 0 Å². The standard InChI is InChI=1S/C13H16ClN5O/c1-8-5-3-4-6-10(8)20-7-9(2)16-13-18-11(14)17-12(15)19-13/h3-6,9H,7H2,1-2H3,(H3,15,16,17,18,19). The zero-order valence-corrected chi connectivity index (χ0v) is 12.1. The summed E-state index contributed by atoms with van der Waals surface area (Å²) in [6, 6.07) is 7.83. The van der Waals surface area contributed by atoms with Gasteiger partial charge in [0.2, 0.25) is 17.2 Å². The van der Waals surface area contributed by atoms with Crippen LogP contribution in [0.4, 0.5) is 11.9 Å². The molecule has 3 N–H and O–H groups in total. The van der Waals surface area contributed by atoms with Gasteiger partial charge in [0.25, 0.3) is 0 Å². The van der Waals surface area contributed by atoms with Crippen LogP contribution >= 0.6 is 11.6 Å². The Labute approximate surface area is 122 Å². The van der Waals surface area contributed by atoms with Gasteiger partial charge >= 0.3 is 0 Å². The summed E-state index contributed by atoms with van der Waals surface area (Å²) in [5, 5.41) is 3.12. The van der Waals surface area contributed by atoms with Gasteiger partial charge in [0.15, 0.2) is 0 Å². The van der Waals surface area contributed by atoms with Gasteiger partial charge in [-0.1, -0.05) is 18.2 Å². The largest absolute Gasteiger partial charge is 0.491 e. The molecule has 0 spiro atoms. The lowest BCUT2D eigenvalue weighted by Crippen LogP contribution is -2.25. The number of aromatic nitrogens is 3. The third-order valence-electron chi connectivity index (χ3n) is 2.58. The first-order chi connectivity index (χ1) is 9.54. The Balaban J connectivity index is 1.92. The highest BCUT2D eigenvalue weighted by Gasteiger charge is 2.08. The number of nitrogen functional groups attached to an aromatic ring is 1. The van der Waals surface area contributed by atoms with Gasteiger partial charge in [0, 0.05) is 0 Å². The monoisotopic (exact) mass is 293 g/mol. The van der Waals surface area contributed by atoms with Crippen LogP contribution in [0.2, 0.25) is 5.28 Å². The van der Waals surface area contributed by atoms with Gasteiger partial charge in [0.1, 0.15) is 12.4 Å². The van der Waals surface area contributed by atoms with Crippen LogP contribution in [0.3, 0.4) is 0 Å². The molecule has 0 radical (unpaired) electrons. The molecule has 1 heterocycles. The molecular weight excluding hydrogens is 278 g/mol. The Morgan fingerprint density at radius 3 is 2.75 bits per heavy atom. The Hall–Kier alpha value is -2.08. The zero-order valence-electron chi connectivity index (χ0n) is 11.3. The van der Waals surface area contributed by atoms with Gasteiger partial charge in [0.05, 0.1) is 6.04 Å². The van der Waals surface area contributed by atoms with E-state index in [4.69, 9.17) is 22.1 Å². The number of para-hydroxylation sites is 1. The average Bonchev–Trinajstić information content (AvgIpc) is 2.36. The fourth-order valence-corrected chi connectivity index (χ4v) is 1.79. The SMILES string of the molecule is Cc1ccccc1OCC(C)Nc1nc(N)nc(Cl)n1. The lowest BCUT2D eigenvalue weighted by atomic mass is 10.2. The van der Waals surface area contributed by atoms with Crippen molar-refractivity contribution in [3.05, 3.63) is 35.1 Å². The first kappa shape index (κ1) is 14.3. The van der Waals surface area contributed by atoms with Crippen molar-refractivity contribution in [2.45, 2.75) is 19.9 Å². The number of hydrogen-bond acceptors (Lipinski definition) is 6. The minimum atomic E-state index is -0.00697. The number of ether oxygens (including phenoxy) is 1.